The van der Waals surface area contributed by atoms with Crippen molar-refractivity contribution in [1.82, 2.24) is 4.98 Å². The summed E-state index contributed by atoms with van der Waals surface area (Å²) in [5.74, 6) is 0.518. The minimum absolute atomic E-state index is 0.518. The van der Waals surface area contributed by atoms with Gasteiger partial charge in [0.25, 0.3) is 0 Å². The van der Waals surface area contributed by atoms with Gasteiger partial charge in [-0.1, -0.05) is 30.3 Å². The largest absolute Gasteiger partial charge is 0.481 e. The molecule has 2 nitrogen and oxygen atoms in total. The minimum atomic E-state index is 0.518. The van der Waals surface area contributed by atoms with Crippen molar-refractivity contribution in [3.8, 4) is 17.0 Å². The summed E-state index contributed by atoms with van der Waals surface area (Å²) in [6, 6.07) is 14.9. The van der Waals surface area contributed by atoms with Crippen LogP contribution in [0.4, 0.5) is 0 Å². The molecule has 2 rings (SSSR count). The molecule has 2 aromatic rings. The molecule has 2 heteroatoms. The van der Waals surface area contributed by atoms with Crippen LogP contribution in [0.2, 0.25) is 0 Å². The highest BCUT2D eigenvalue weighted by Crippen LogP contribution is 2.18. The van der Waals surface area contributed by atoms with Gasteiger partial charge >= 0.3 is 0 Å². The van der Waals surface area contributed by atoms with Crippen LogP contribution in [0.5, 0.6) is 5.88 Å². The first kappa shape index (κ1) is 8.75. The highest BCUT2D eigenvalue weighted by molar-refractivity contribution is 5.62. The molecule has 0 fully saturated rings. The Kier molecular flexibility index (Phi) is 2.45. The summed E-state index contributed by atoms with van der Waals surface area (Å²) in [4.78, 5) is 4.10. The van der Waals surface area contributed by atoms with Crippen molar-refractivity contribution in [2.24, 2.45) is 0 Å². The Bertz CT molecular complexity index is 394. The van der Waals surface area contributed by atoms with Crippen LogP contribution >= 0.6 is 0 Å². The topological polar surface area (TPSA) is 22.1 Å². The molecule has 14 heavy (non-hydrogen) atoms. The molecule has 0 aliphatic rings. The maximum absolute atomic E-state index is 4.94. The lowest BCUT2D eigenvalue weighted by Gasteiger charge is -2.01. The maximum Gasteiger partial charge on any atom is 0.221 e. The van der Waals surface area contributed by atoms with Gasteiger partial charge in [-0.05, 0) is 11.6 Å². The van der Waals surface area contributed by atoms with Crippen molar-refractivity contribution in [3.63, 3.8) is 0 Å². The van der Waals surface area contributed by atoms with Gasteiger partial charge in [-0.3, -0.25) is 0 Å². The van der Waals surface area contributed by atoms with Gasteiger partial charge in [0, 0.05) is 17.8 Å². The molecule has 69 valence electrons. The lowest BCUT2D eigenvalue weighted by atomic mass is 10.1. The Hall–Kier alpha value is -1.83. The lowest BCUT2D eigenvalue weighted by Crippen LogP contribution is -1.87. The maximum atomic E-state index is 4.94. The Morgan fingerprint density at radius 1 is 1.14 bits per heavy atom. The van der Waals surface area contributed by atoms with Crippen LogP contribution < -0.4 is 4.74 Å². The van der Waals surface area contributed by atoms with E-state index in [2.05, 4.69) is 11.1 Å². The molecule has 1 aromatic heterocycles. The number of aromatic nitrogens is 1. The van der Waals surface area contributed by atoms with E-state index >= 15 is 0 Å². The second kappa shape index (κ2) is 3.92. The summed E-state index contributed by atoms with van der Waals surface area (Å²) in [5, 5.41) is 0. The predicted octanol–water partition coefficient (Wildman–Crippen LogP) is 2.56. The third kappa shape index (κ3) is 1.74. The summed E-state index contributed by atoms with van der Waals surface area (Å²) >= 11 is 0. The number of benzene rings is 1. The van der Waals surface area contributed by atoms with E-state index in [-0.39, 0.29) is 0 Å². The van der Waals surface area contributed by atoms with Gasteiger partial charge in [0.15, 0.2) is 0 Å². The highest BCUT2D eigenvalue weighted by atomic mass is 16.5. The Morgan fingerprint density at radius 3 is 2.50 bits per heavy atom. The van der Waals surface area contributed by atoms with Crippen LogP contribution in [-0.4, -0.2) is 12.1 Å². The quantitative estimate of drug-likeness (QED) is 0.715. The van der Waals surface area contributed by atoms with Crippen molar-refractivity contribution < 1.29 is 4.74 Å². The van der Waals surface area contributed by atoms with Gasteiger partial charge in [-0.25, -0.2) is 4.98 Å². The summed E-state index contributed by atoms with van der Waals surface area (Å²) in [6.45, 7) is 0. The van der Waals surface area contributed by atoms with E-state index in [1.807, 2.05) is 36.4 Å². The minimum Gasteiger partial charge on any atom is -0.481 e. The van der Waals surface area contributed by atoms with E-state index < -0.39 is 0 Å². The fourth-order valence-electron chi connectivity index (χ4n) is 1.24. The van der Waals surface area contributed by atoms with Crippen molar-refractivity contribution >= 4 is 0 Å². The Labute approximate surface area is 83.2 Å². The molecule has 0 saturated carbocycles. The third-order valence-corrected chi connectivity index (χ3v) is 1.97. The number of nitrogens with zero attached hydrogens (tertiary/aromatic N) is 1. The van der Waals surface area contributed by atoms with Gasteiger partial charge in [0.2, 0.25) is 5.88 Å². The number of methoxy groups -OCH3 is 1. The molecule has 0 bridgehead atoms. The van der Waals surface area contributed by atoms with E-state index in [4.69, 9.17) is 4.74 Å². The SMILES string of the molecule is COc1[c]cc(-c2ccccc2)cn1. The Balaban J connectivity index is 2.34. The monoisotopic (exact) mass is 184 g/mol. The van der Waals surface area contributed by atoms with Crippen LogP contribution in [0, 0.1) is 6.07 Å². The first-order chi connectivity index (χ1) is 6.90. The van der Waals surface area contributed by atoms with Crippen LogP contribution in [0.15, 0.2) is 42.6 Å². The average Bonchev–Trinajstić information content (AvgIpc) is 2.30. The molecular weight excluding hydrogens is 174 g/mol. The van der Waals surface area contributed by atoms with Crippen LogP contribution in [0.25, 0.3) is 11.1 Å². The summed E-state index contributed by atoms with van der Waals surface area (Å²) in [5.41, 5.74) is 2.19. The average molecular weight is 184 g/mol. The molecule has 1 radical (unpaired) electrons. The molecule has 0 atom stereocenters. The van der Waals surface area contributed by atoms with Crippen molar-refractivity contribution in [2.75, 3.05) is 7.11 Å². The summed E-state index contributed by atoms with van der Waals surface area (Å²) in [7, 11) is 1.58. The van der Waals surface area contributed by atoms with Crippen molar-refractivity contribution in [2.45, 2.75) is 0 Å². The third-order valence-electron chi connectivity index (χ3n) is 1.97. The number of hydrogen-bond donors (Lipinski definition) is 0. The smallest absolute Gasteiger partial charge is 0.221 e. The molecule has 0 unspecified atom stereocenters. The van der Waals surface area contributed by atoms with Gasteiger partial charge in [0.1, 0.15) is 0 Å². The molecule has 0 amide bonds. The molecule has 0 saturated heterocycles. The predicted molar refractivity (Wildman–Crippen MR) is 55.1 cm³/mol. The molecule has 0 N–H and O–H groups in total. The first-order valence-corrected chi connectivity index (χ1v) is 4.37. The van der Waals surface area contributed by atoms with Crippen LogP contribution in [-0.2, 0) is 0 Å². The van der Waals surface area contributed by atoms with E-state index in [1.165, 1.54) is 0 Å². The molecule has 0 spiro atoms. The van der Waals surface area contributed by atoms with Gasteiger partial charge in [-0.2, -0.15) is 0 Å². The molecule has 0 aliphatic carbocycles. The van der Waals surface area contributed by atoms with Gasteiger partial charge in [0.05, 0.1) is 7.11 Å². The zero-order chi connectivity index (χ0) is 9.80. The number of pyridine rings is 1. The summed E-state index contributed by atoms with van der Waals surface area (Å²) < 4.78 is 4.94. The molecule has 1 heterocycles. The summed E-state index contributed by atoms with van der Waals surface area (Å²) in [6.07, 6.45) is 1.78. The second-order valence-electron chi connectivity index (χ2n) is 2.88. The fourth-order valence-corrected chi connectivity index (χ4v) is 1.24. The van der Waals surface area contributed by atoms with Gasteiger partial charge < -0.3 is 4.74 Å². The molecule has 0 aliphatic heterocycles. The standard InChI is InChI=1S/C12H10NO/c1-14-12-8-7-11(9-13-12)10-5-3-2-4-6-10/h2-7,9H,1H3. The van der Waals surface area contributed by atoms with E-state index in [1.54, 1.807) is 13.3 Å². The second-order valence-corrected chi connectivity index (χ2v) is 2.88. The first-order valence-electron chi connectivity index (χ1n) is 4.37. The van der Waals surface area contributed by atoms with Crippen molar-refractivity contribution in [3.05, 3.63) is 48.7 Å². The molecule has 1 aromatic carbocycles. The number of rotatable bonds is 2. The van der Waals surface area contributed by atoms with Crippen LogP contribution in [0.1, 0.15) is 0 Å². The number of hydrogen-bond acceptors (Lipinski definition) is 2. The Morgan fingerprint density at radius 2 is 1.93 bits per heavy atom. The number of ether oxygens (including phenoxy) is 1. The van der Waals surface area contributed by atoms with E-state index in [0.717, 1.165) is 11.1 Å². The molecular formula is C12H10NO. The van der Waals surface area contributed by atoms with Gasteiger partial charge in [-0.15, -0.1) is 0 Å². The van der Waals surface area contributed by atoms with Crippen molar-refractivity contribution in [1.29, 1.82) is 0 Å². The van der Waals surface area contributed by atoms with E-state index in [9.17, 15) is 0 Å². The highest BCUT2D eigenvalue weighted by Gasteiger charge is 1.97. The fraction of sp³-hybridized carbons (Fsp3) is 0.0833. The zero-order valence-electron chi connectivity index (χ0n) is 7.90. The zero-order valence-corrected chi connectivity index (χ0v) is 7.90. The lowest BCUT2D eigenvalue weighted by molar-refractivity contribution is 0.397. The normalized spacial score (nSPS) is 9.79. The van der Waals surface area contributed by atoms with Crippen LogP contribution in [0.3, 0.4) is 0 Å². The van der Waals surface area contributed by atoms with E-state index in [0.29, 0.717) is 5.88 Å².